The Balaban J connectivity index is 2.39. The number of anilines is 1. The Bertz CT molecular complexity index is 563. The number of piperidine rings is 1. The van der Waals surface area contributed by atoms with Crippen LogP contribution in [0.4, 0.5) is 10.1 Å². The number of nitrogen functional groups attached to an aromatic ring is 1. The third-order valence-corrected chi connectivity index (χ3v) is 5.36. The highest BCUT2D eigenvalue weighted by Crippen LogP contribution is 2.26. The van der Waals surface area contributed by atoms with Gasteiger partial charge in [-0.1, -0.05) is 6.92 Å². The van der Waals surface area contributed by atoms with Gasteiger partial charge in [0, 0.05) is 13.1 Å². The summed E-state index contributed by atoms with van der Waals surface area (Å²) in [4.78, 5) is 0.0815. The van der Waals surface area contributed by atoms with E-state index in [2.05, 4.69) is 0 Å². The summed E-state index contributed by atoms with van der Waals surface area (Å²) in [5, 5.41) is 0. The van der Waals surface area contributed by atoms with Gasteiger partial charge >= 0.3 is 0 Å². The first-order chi connectivity index (χ1) is 8.82. The largest absolute Gasteiger partial charge is 0.396 e. The number of nitrogens with two attached hydrogens (primary N) is 1. The van der Waals surface area contributed by atoms with Crippen LogP contribution in [0.5, 0.6) is 0 Å². The van der Waals surface area contributed by atoms with Crippen molar-refractivity contribution in [2.45, 2.75) is 31.6 Å². The molecule has 106 valence electrons. The van der Waals surface area contributed by atoms with E-state index in [0.717, 1.165) is 12.8 Å². The van der Waals surface area contributed by atoms with Crippen LogP contribution in [0.1, 0.15) is 25.3 Å². The molecule has 0 aromatic heterocycles. The van der Waals surface area contributed by atoms with Gasteiger partial charge in [0.2, 0.25) is 10.0 Å². The summed E-state index contributed by atoms with van der Waals surface area (Å²) in [6.07, 6.45) is 1.90. The number of hydrogen-bond donors (Lipinski definition) is 1. The second kappa shape index (κ2) is 5.09. The standard InChI is InChI=1S/C13H19FN2O2S/c1-9-4-3-5-16(8-9)19(17,18)11-6-10(2)13(14)12(15)7-11/h6-7,9H,3-5,8,15H2,1-2H3. The molecule has 1 unspecified atom stereocenters. The fraction of sp³-hybridized carbons (Fsp3) is 0.538. The van der Waals surface area contributed by atoms with Crippen molar-refractivity contribution in [1.29, 1.82) is 0 Å². The molecule has 1 aromatic carbocycles. The Morgan fingerprint density at radius 3 is 2.68 bits per heavy atom. The minimum Gasteiger partial charge on any atom is -0.396 e. The molecule has 1 fully saturated rings. The fourth-order valence-electron chi connectivity index (χ4n) is 2.43. The summed E-state index contributed by atoms with van der Waals surface area (Å²) in [6, 6.07) is 2.55. The molecule has 1 heterocycles. The zero-order chi connectivity index (χ0) is 14.2. The molecule has 6 heteroatoms. The molecule has 0 saturated carbocycles. The number of nitrogens with zero attached hydrogens (tertiary/aromatic N) is 1. The molecular formula is C13H19FN2O2S. The zero-order valence-electron chi connectivity index (χ0n) is 11.2. The van der Waals surface area contributed by atoms with Crippen LogP contribution in [-0.4, -0.2) is 25.8 Å². The molecular weight excluding hydrogens is 267 g/mol. The van der Waals surface area contributed by atoms with E-state index in [0.29, 0.717) is 19.0 Å². The monoisotopic (exact) mass is 286 g/mol. The molecule has 19 heavy (non-hydrogen) atoms. The normalized spacial score (nSPS) is 21.5. The predicted molar refractivity (Wildman–Crippen MR) is 72.7 cm³/mol. The van der Waals surface area contributed by atoms with Crippen LogP contribution in [-0.2, 0) is 10.0 Å². The highest BCUT2D eigenvalue weighted by atomic mass is 32.2. The summed E-state index contributed by atoms with van der Waals surface area (Å²) >= 11 is 0. The van der Waals surface area contributed by atoms with Gasteiger partial charge in [-0.3, -0.25) is 0 Å². The lowest BCUT2D eigenvalue weighted by Crippen LogP contribution is -2.39. The maximum Gasteiger partial charge on any atom is 0.243 e. The van der Waals surface area contributed by atoms with E-state index in [1.54, 1.807) is 0 Å². The maximum absolute atomic E-state index is 13.5. The SMILES string of the molecule is Cc1cc(S(=O)(=O)N2CCCC(C)C2)cc(N)c1F. The van der Waals surface area contributed by atoms with E-state index in [4.69, 9.17) is 5.73 Å². The zero-order valence-corrected chi connectivity index (χ0v) is 12.0. The van der Waals surface area contributed by atoms with Crippen molar-refractivity contribution in [1.82, 2.24) is 4.31 Å². The molecule has 0 spiro atoms. The van der Waals surface area contributed by atoms with Gasteiger partial charge in [-0.2, -0.15) is 4.31 Å². The maximum atomic E-state index is 13.5. The first-order valence-corrected chi connectivity index (χ1v) is 7.82. The Kier molecular flexibility index (Phi) is 3.82. The van der Waals surface area contributed by atoms with Gasteiger partial charge in [0.1, 0.15) is 5.82 Å². The van der Waals surface area contributed by atoms with E-state index in [1.807, 2.05) is 6.92 Å². The second-order valence-corrected chi connectivity index (χ2v) is 7.19. The van der Waals surface area contributed by atoms with Gasteiger partial charge in [0.15, 0.2) is 0 Å². The molecule has 1 aromatic rings. The van der Waals surface area contributed by atoms with Crippen LogP contribution >= 0.6 is 0 Å². The van der Waals surface area contributed by atoms with E-state index >= 15 is 0 Å². The van der Waals surface area contributed by atoms with Crippen LogP contribution in [0, 0.1) is 18.7 Å². The summed E-state index contributed by atoms with van der Waals surface area (Å²) in [5.74, 6) is -0.201. The summed E-state index contributed by atoms with van der Waals surface area (Å²) in [5.41, 5.74) is 5.65. The number of sulfonamides is 1. The van der Waals surface area contributed by atoms with Crippen LogP contribution in [0.25, 0.3) is 0 Å². The molecule has 1 atom stereocenters. The topological polar surface area (TPSA) is 63.4 Å². The number of hydrogen-bond acceptors (Lipinski definition) is 3. The van der Waals surface area contributed by atoms with Crippen molar-refractivity contribution in [3.63, 3.8) is 0 Å². The molecule has 0 aliphatic carbocycles. The summed E-state index contributed by atoms with van der Waals surface area (Å²) in [6.45, 7) is 4.58. The van der Waals surface area contributed by atoms with E-state index in [1.165, 1.54) is 23.4 Å². The lowest BCUT2D eigenvalue weighted by Gasteiger charge is -2.30. The average Bonchev–Trinajstić information content (AvgIpc) is 2.35. The Hall–Kier alpha value is -1.14. The third-order valence-electron chi connectivity index (χ3n) is 3.51. The molecule has 4 nitrogen and oxygen atoms in total. The average molecular weight is 286 g/mol. The summed E-state index contributed by atoms with van der Waals surface area (Å²) < 4.78 is 39.9. The number of halogens is 1. The van der Waals surface area contributed by atoms with Gasteiger partial charge < -0.3 is 5.73 Å². The van der Waals surface area contributed by atoms with Gasteiger partial charge in [-0.15, -0.1) is 0 Å². The van der Waals surface area contributed by atoms with Crippen molar-refractivity contribution in [3.8, 4) is 0 Å². The van der Waals surface area contributed by atoms with Crippen LogP contribution in [0.15, 0.2) is 17.0 Å². The summed E-state index contributed by atoms with van der Waals surface area (Å²) in [7, 11) is -3.57. The lowest BCUT2D eigenvalue weighted by molar-refractivity contribution is 0.281. The van der Waals surface area contributed by atoms with Crippen LogP contribution in [0.2, 0.25) is 0 Å². The number of benzene rings is 1. The van der Waals surface area contributed by atoms with Crippen molar-refractivity contribution >= 4 is 15.7 Å². The molecule has 1 aliphatic rings. The first-order valence-electron chi connectivity index (χ1n) is 6.38. The van der Waals surface area contributed by atoms with Crippen molar-refractivity contribution < 1.29 is 12.8 Å². The molecule has 0 radical (unpaired) electrons. The third kappa shape index (κ3) is 2.74. The number of rotatable bonds is 2. The van der Waals surface area contributed by atoms with Gasteiger partial charge in [0.05, 0.1) is 10.6 Å². The first kappa shape index (κ1) is 14.3. The minimum atomic E-state index is -3.57. The predicted octanol–water partition coefficient (Wildman–Crippen LogP) is 2.14. The Morgan fingerprint density at radius 2 is 2.11 bits per heavy atom. The Morgan fingerprint density at radius 1 is 1.42 bits per heavy atom. The highest BCUT2D eigenvalue weighted by Gasteiger charge is 2.29. The van der Waals surface area contributed by atoms with Crippen LogP contribution in [0.3, 0.4) is 0 Å². The highest BCUT2D eigenvalue weighted by molar-refractivity contribution is 7.89. The number of aryl methyl sites for hydroxylation is 1. The van der Waals surface area contributed by atoms with E-state index in [9.17, 15) is 12.8 Å². The van der Waals surface area contributed by atoms with Crippen LogP contribution < -0.4 is 5.73 Å². The van der Waals surface area contributed by atoms with E-state index < -0.39 is 15.8 Å². The second-order valence-electron chi connectivity index (χ2n) is 5.25. The van der Waals surface area contributed by atoms with Crippen molar-refractivity contribution in [2.75, 3.05) is 18.8 Å². The fourth-order valence-corrected chi connectivity index (χ4v) is 4.15. The van der Waals surface area contributed by atoms with Crippen molar-refractivity contribution in [2.24, 2.45) is 5.92 Å². The molecule has 0 bridgehead atoms. The molecule has 2 rings (SSSR count). The smallest absolute Gasteiger partial charge is 0.243 e. The van der Waals surface area contributed by atoms with Gasteiger partial charge in [-0.25, -0.2) is 12.8 Å². The van der Waals surface area contributed by atoms with Crippen molar-refractivity contribution in [3.05, 3.63) is 23.5 Å². The Labute approximate surface area is 113 Å². The van der Waals surface area contributed by atoms with Gasteiger partial charge in [0.25, 0.3) is 0 Å². The minimum absolute atomic E-state index is 0.0815. The van der Waals surface area contributed by atoms with E-state index in [-0.39, 0.29) is 16.1 Å². The molecule has 0 amide bonds. The molecule has 1 aliphatic heterocycles. The molecule has 1 saturated heterocycles. The van der Waals surface area contributed by atoms with Gasteiger partial charge in [-0.05, 0) is 43.4 Å². The molecule has 2 N–H and O–H groups in total. The lowest BCUT2D eigenvalue weighted by atomic mass is 10.0. The quantitative estimate of drug-likeness (QED) is 0.847.